The molecular weight excluding hydrogens is 477 g/mol. The lowest BCUT2D eigenvalue weighted by Crippen LogP contribution is -2.38. The standard InChI is InChI=1S/C18H30N5O8PS/c1-10(23-9-20-12-14(23)21-17(19)22-15(12)26)13(25)11(29-4)7-31-32(28)30-5-6-33-16(27)18(2,3)8-24/h9-11,13,24-25,32H,5-8H2,1-4H3,(H3,19,21,22,26)/t10-,11+,13-/m0/s1. The quantitative estimate of drug-likeness (QED) is 0.215. The van der Waals surface area contributed by atoms with Crippen molar-refractivity contribution in [1.82, 2.24) is 19.5 Å². The van der Waals surface area contributed by atoms with Gasteiger partial charge >= 0.3 is 8.25 Å². The number of aromatic amines is 1. The van der Waals surface area contributed by atoms with Crippen LogP contribution in [0.15, 0.2) is 11.1 Å². The molecule has 0 spiro atoms. The smallest absolute Gasteiger partial charge is 0.319 e. The van der Waals surface area contributed by atoms with Gasteiger partial charge in [-0.2, -0.15) is 4.98 Å². The summed E-state index contributed by atoms with van der Waals surface area (Å²) in [6.45, 7) is 4.43. The summed E-state index contributed by atoms with van der Waals surface area (Å²) < 4.78 is 29.1. The number of thioether (sulfide) groups is 1. The molecule has 0 aliphatic carbocycles. The third kappa shape index (κ3) is 7.09. The predicted octanol–water partition coefficient (Wildman–Crippen LogP) is 0.340. The summed E-state index contributed by atoms with van der Waals surface area (Å²) in [7, 11) is -1.54. The number of nitrogens with zero attached hydrogens (tertiary/aromatic N) is 3. The van der Waals surface area contributed by atoms with Crippen LogP contribution in [-0.2, 0) is 23.1 Å². The van der Waals surface area contributed by atoms with E-state index in [-0.39, 0.29) is 47.8 Å². The van der Waals surface area contributed by atoms with E-state index in [4.69, 9.17) is 19.5 Å². The number of aliphatic hydroxyl groups is 2. The number of aliphatic hydroxyl groups excluding tert-OH is 2. The maximum absolute atomic E-state index is 12.0. The highest BCUT2D eigenvalue weighted by Crippen LogP contribution is 2.28. The lowest BCUT2D eigenvalue weighted by Gasteiger charge is -2.27. The number of carbonyl (C=O) groups excluding carboxylic acids is 1. The third-order valence-electron chi connectivity index (χ3n) is 4.92. The van der Waals surface area contributed by atoms with Gasteiger partial charge in [0.2, 0.25) is 5.95 Å². The molecule has 13 nitrogen and oxygen atoms in total. The van der Waals surface area contributed by atoms with E-state index in [1.165, 1.54) is 18.0 Å². The Morgan fingerprint density at radius 3 is 2.76 bits per heavy atom. The van der Waals surface area contributed by atoms with Gasteiger partial charge < -0.3 is 34.3 Å². The molecule has 0 saturated heterocycles. The molecule has 0 aromatic carbocycles. The van der Waals surface area contributed by atoms with E-state index in [2.05, 4.69) is 15.0 Å². The Hall–Kier alpha value is -1.80. The highest BCUT2D eigenvalue weighted by atomic mass is 32.2. The molecule has 2 rings (SSSR count). The number of nitrogen functional groups attached to an aromatic ring is 1. The van der Waals surface area contributed by atoms with Crippen molar-refractivity contribution in [3.63, 3.8) is 0 Å². The molecule has 2 aromatic heterocycles. The van der Waals surface area contributed by atoms with Crippen molar-refractivity contribution in [3.8, 4) is 0 Å². The van der Waals surface area contributed by atoms with Crippen molar-refractivity contribution in [2.45, 2.75) is 39.0 Å². The van der Waals surface area contributed by atoms with Crippen LogP contribution in [0.5, 0.6) is 0 Å². The highest BCUT2D eigenvalue weighted by Gasteiger charge is 2.29. The van der Waals surface area contributed by atoms with E-state index in [9.17, 15) is 24.4 Å². The van der Waals surface area contributed by atoms with Crippen LogP contribution in [0.4, 0.5) is 5.95 Å². The SMILES string of the molecule is CO[C@H](CO[PH](=O)OCCSC(=O)C(C)(C)CO)[C@@H](O)[C@H](C)n1cnc2c(=O)[nH]c(N)nc21. The van der Waals surface area contributed by atoms with Gasteiger partial charge in [-0.15, -0.1) is 0 Å². The van der Waals surface area contributed by atoms with Gasteiger partial charge in [0, 0.05) is 12.9 Å². The molecule has 0 aliphatic heterocycles. The summed E-state index contributed by atoms with van der Waals surface area (Å²) >= 11 is 0.974. The Balaban J connectivity index is 1.88. The lowest BCUT2D eigenvalue weighted by atomic mass is 9.97. The van der Waals surface area contributed by atoms with E-state index < -0.39 is 37.5 Å². The Bertz CT molecular complexity index is 1030. The van der Waals surface area contributed by atoms with Gasteiger partial charge in [-0.3, -0.25) is 19.1 Å². The summed E-state index contributed by atoms with van der Waals surface area (Å²) in [6.07, 6.45) is -0.661. The van der Waals surface area contributed by atoms with E-state index in [1.54, 1.807) is 20.8 Å². The second-order valence-corrected chi connectivity index (χ2v) is 10.0. The van der Waals surface area contributed by atoms with Crippen LogP contribution in [0.25, 0.3) is 11.2 Å². The van der Waals surface area contributed by atoms with Crippen molar-refractivity contribution in [1.29, 1.82) is 0 Å². The Labute approximate surface area is 195 Å². The van der Waals surface area contributed by atoms with Crippen LogP contribution in [0, 0.1) is 5.41 Å². The topological polar surface area (TPSA) is 192 Å². The summed E-state index contributed by atoms with van der Waals surface area (Å²) in [5.41, 5.74) is 4.51. The fraction of sp³-hybridized carbons (Fsp3) is 0.667. The molecule has 5 N–H and O–H groups in total. The summed E-state index contributed by atoms with van der Waals surface area (Å²) in [5.74, 6) is 0.163. The first-order valence-corrected chi connectivity index (χ1v) is 12.2. The van der Waals surface area contributed by atoms with E-state index in [0.29, 0.717) is 0 Å². The molecule has 0 bridgehead atoms. The normalized spacial score (nSPS) is 15.9. The van der Waals surface area contributed by atoms with E-state index in [1.807, 2.05) is 0 Å². The van der Waals surface area contributed by atoms with Crippen molar-refractivity contribution in [2.24, 2.45) is 5.41 Å². The number of fused-ring (bicyclic) bond motifs is 1. The van der Waals surface area contributed by atoms with Gasteiger partial charge in [-0.05, 0) is 20.8 Å². The Morgan fingerprint density at radius 2 is 2.12 bits per heavy atom. The number of methoxy groups -OCH3 is 1. The summed E-state index contributed by atoms with van der Waals surface area (Å²) in [6, 6.07) is -0.641. The second-order valence-electron chi connectivity index (χ2n) is 7.87. The van der Waals surface area contributed by atoms with E-state index in [0.717, 1.165) is 11.8 Å². The van der Waals surface area contributed by atoms with Crippen molar-refractivity contribution in [2.75, 3.05) is 38.4 Å². The molecule has 2 aromatic rings. The summed E-state index contributed by atoms with van der Waals surface area (Å²) in [5, 5.41) is 19.7. The highest BCUT2D eigenvalue weighted by molar-refractivity contribution is 8.13. The van der Waals surface area contributed by atoms with Crippen LogP contribution in [0.3, 0.4) is 0 Å². The number of carbonyl (C=O) groups is 1. The van der Waals surface area contributed by atoms with Gasteiger partial charge in [0.15, 0.2) is 16.3 Å². The molecule has 0 amide bonds. The van der Waals surface area contributed by atoms with Crippen molar-refractivity contribution >= 4 is 42.2 Å². The minimum absolute atomic E-state index is 0.00891. The second kappa shape index (κ2) is 12.1. The summed E-state index contributed by atoms with van der Waals surface area (Å²) in [4.78, 5) is 34.3. The van der Waals surface area contributed by atoms with Gasteiger partial charge in [-0.25, -0.2) is 4.98 Å². The zero-order valence-corrected chi connectivity index (χ0v) is 20.6. The molecule has 186 valence electrons. The maximum atomic E-state index is 12.0. The van der Waals surface area contributed by atoms with Gasteiger partial charge in [0.1, 0.15) is 12.2 Å². The van der Waals surface area contributed by atoms with Crippen LogP contribution in [0.1, 0.15) is 26.8 Å². The van der Waals surface area contributed by atoms with Crippen LogP contribution in [-0.4, -0.2) is 79.7 Å². The number of aromatic nitrogens is 4. The number of hydrogen-bond acceptors (Lipinski definition) is 12. The minimum Gasteiger partial charge on any atom is -0.395 e. The van der Waals surface area contributed by atoms with Gasteiger partial charge in [0.25, 0.3) is 5.56 Å². The molecule has 4 atom stereocenters. The van der Waals surface area contributed by atoms with Crippen LogP contribution < -0.4 is 11.3 Å². The number of H-pyrrole nitrogens is 1. The fourth-order valence-electron chi connectivity index (χ4n) is 2.73. The molecule has 0 aliphatic rings. The zero-order chi connectivity index (χ0) is 24.8. The number of hydrogen-bond donors (Lipinski definition) is 4. The first-order valence-electron chi connectivity index (χ1n) is 10.0. The molecule has 15 heteroatoms. The number of nitrogens with two attached hydrogens (primary N) is 1. The number of imidazole rings is 1. The predicted molar refractivity (Wildman–Crippen MR) is 123 cm³/mol. The minimum atomic E-state index is -2.90. The molecule has 2 heterocycles. The van der Waals surface area contributed by atoms with Crippen LogP contribution >= 0.6 is 20.0 Å². The monoisotopic (exact) mass is 507 g/mol. The molecule has 0 fully saturated rings. The fourth-order valence-corrected chi connectivity index (χ4v) is 4.34. The van der Waals surface area contributed by atoms with Crippen molar-refractivity contribution < 1.29 is 33.4 Å². The molecule has 0 radical (unpaired) electrons. The van der Waals surface area contributed by atoms with Gasteiger partial charge in [-0.1, -0.05) is 11.8 Å². The average Bonchev–Trinajstić information content (AvgIpc) is 3.20. The van der Waals surface area contributed by atoms with Gasteiger partial charge in [0.05, 0.1) is 37.6 Å². The number of ether oxygens (including phenoxy) is 1. The van der Waals surface area contributed by atoms with E-state index >= 15 is 0 Å². The molecule has 0 saturated carbocycles. The first kappa shape index (κ1) is 27.4. The van der Waals surface area contributed by atoms with Crippen molar-refractivity contribution in [3.05, 3.63) is 16.7 Å². The Kier molecular flexibility index (Phi) is 10.0. The molecule has 1 unspecified atom stereocenters. The first-order chi connectivity index (χ1) is 15.5. The number of rotatable bonds is 13. The number of nitrogens with one attached hydrogen (secondary N) is 1. The zero-order valence-electron chi connectivity index (χ0n) is 18.8. The molecule has 33 heavy (non-hydrogen) atoms. The molecular formula is C18H30N5O8PS. The Morgan fingerprint density at radius 1 is 1.42 bits per heavy atom. The third-order valence-corrected chi connectivity index (χ3v) is 6.94. The largest absolute Gasteiger partial charge is 0.395 e. The maximum Gasteiger partial charge on any atom is 0.319 e. The van der Waals surface area contributed by atoms with Crippen LogP contribution in [0.2, 0.25) is 0 Å². The number of anilines is 1. The lowest BCUT2D eigenvalue weighted by molar-refractivity contribution is -0.119. The average molecular weight is 508 g/mol.